The molecule has 0 amide bonds. The molecular weight excluding hydrogens is 424 g/mol. The number of ether oxygens (including phenoxy) is 2. The Labute approximate surface area is 193 Å². The van der Waals surface area contributed by atoms with E-state index in [1.807, 2.05) is 39.0 Å². The minimum absolute atomic E-state index is 0.0195. The highest BCUT2D eigenvalue weighted by Crippen LogP contribution is 2.44. The summed E-state index contributed by atoms with van der Waals surface area (Å²) in [5.41, 5.74) is 11.8. The molecular formula is C26H25ClN2O3. The fourth-order valence-electron chi connectivity index (χ4n) is 4.48. The van der Waals surface area contributed by atoms with Gasteiger partial charge >= 0.3 is 0 Å². The molecule has 0 unspecified atom stereocenters. The number of hydrogen-bond donors (Lipinski definition) is 1. The average molecular weight is 449 g/mol. The van der Waals surface area contributed by atoms with E-state index in [0.717, 1.165) is 40.0 Å². The lowest BCUT2D eigenvalue weighted by Crippen LogP contribution is -2.28. The van der Waals surface area contributed by atoms with E-state index in [0.29, 0.717) is 35.8 Å². The second-order valence-corrected chi connectivity index (χ2v) is 8.81. The van der Waals surface area contributed by atoms with Gasteiger partial charge in [0.2, 0.25) is 5.88 Å². The zero-order valence-electron chi connectivity index (χ0n) is 18.4. The third kappa shape index (κ3) is 3.99. The van der Waals surface area contributed by atoms with Crippen molar-refractivity contribution in [2.75, 3.05) is 0 Å². The molecule has 1 heterocycles. The largest absolute Gasteiger partial charge is 0.489 e. The zero-order chi connectivity index (χ0) is 23.0. The van der Waals surface area contributed by atoms with E-state index < -0.39 is 5.92 Å². The number of nitriles is 1. The van der Waals surface area contributed by atoms with Gasteiger partial charge in [0.25, 0.3) is 0 Å². The Morgan fingerprint density at radius 2 is 1.94 bits per heavy atom. The van der Waals surface area contributed by atoms with Gasteiger partial charge in [0, 0.05) is 23.4 Å². The third-order valence-electron chi connectivity index (χ3n) is 6.16. The van der Waals surface area contributed by atoms with E-state index >= 15 is 0 Å². The standard InChI is InChI=1S/C26H25ClN2O3/c1-14-9-15(2)19(11-17(14)13-31-22-8-7-18(27)10-16(22)3)24-20(12-28)26(29)32-23-6-4-5-21(30)25(23)24/h7-11,24H,4-6,13,29H2,1-3H3/t24-/m1/s1. The number of ketones is 1. The maximum atomic E-state index is 12.9. The number of carbonyl (C=O) groups excluding carboxylic acids is 1. The van der Waals surface area contributed by atoms with E-state index in [2.05, 4.69) is 12.1 Å². The molecule has 5 nitrogen and oxygen atoms in total. The summed E-state index contributed by atoms with van der Waals surface area (Å²) in [5.74, 6) is 0.938. The summed E-state index contributed by atoms with van der Waals surface area (Å²) in [5, 5.41) is 10.5. The molecule has 0 spiro atoms. The number of nitrogens with two attached hydrogens (primary N) is 1. The molecule has 2 aromatic rings. The van der Waals surface area contributed by atoms with Gasteiger partial charge in [0.05, 0.1) is 5.92 Å². The molecule has 2 aromatic carbocycles. The summed E-state index contributed by atoms with van der Waals surface area (Å²) < 4.78 is 11.8. The first-order valence-corrected chi connectivity index (χ1v) is 11.0. The highest BCUT2D eigenvalue weighted by atomic mass is 35.5. The highest BCUT2D eigenvalue weighted by Gasteiger charge is 2.38. The van der Waals surface area contributed by atoms with Gasteiger partial charge in [-0.15, -0.1) is 0 Å². The Bertz CT molecular complexity index is 1220. The normalized spacial score (nSPS) is 18.2. The Morgan fingerprint density at radius 3 is 2.66 bits per heavy atom. The molecule has 0 aromatic heterocycles. The van der Waals surface area contributed by atoms with Crippen LogP contribution in [-0.2, 0) is 16.1 Å². The van der Waals surface area contributed by atoms with E-state index in [1.54, 1.807) is 6.07 Å². The number of nitrogens with zero attached hydrogens (tertiary/aromatic N) is 1. The molecule has 4 rings (SSSR count). The summed E-state index contributed by atoms with van der Waals surface area (Å²) in [6.07, 6.45) is 1.83. The van der Waals surface area contributed by atoms with Crippen LogP contribution in [0, 0.1) is 32.1 Å². The molecule has 1 aliphatic carbocycles. The van der Waals surface area contributed by atoms with Crippen molar-refractivity contribution in [1.29, 1.82) is 5.26 Å². The lowest BCUT2D eigenvalue weighted by atomic mass is 9.75. The topological polar surface area (TPSA) is 85.3 Å². The van der Waals surface area contributed by atoms with Gasteiger partial charge < -0.3 is 15.2 Å². The lowest BCUT2D eigenvalue weighted by Gasteiger charge is -2.32. The van der Waals surface area contributed by atoms with Gasteiger partial charge in [-0.3, -0.25) is 4.79 Å². The molecule has 2 N–H and O–H groups in total. The second-order valence-electron chi connectivity index (χ2n) is 8.37. The zero-order valence-corrected chi connectivity index (χ0v) is 19.2. The third-order valence-corrected chi connectivity index (χ3v) is 6.40. The van der Waals surface area contributed by atoms with E-state index in [4.69, 9.17) is 26.8 Å². The average Bonchev–Trinajstić information content (AvgIpc) is 2.73. The van der Waals surface area contributed by atoms with Gasteiger partial charge in [-0.2, -0.15) is 5.26 Å². The SMILES string of the molecule is Cc1cc(C)c([C@@H]2C(C#N)=C(N)OC3=C2C(=O)CCC3)cc1COc1ccc(Cl)cc1C. The molecule has 0 fully saturated rings. The van der Waals surface area contributed by atoms with Crippen LogP contribution in [0.1, 0.15) is 53.0 Å². The lowest BCUT2D eigenvalue weighted by molar-refractivity contribution is -0.116. The molecule has 0 radical (unpaired) electrons. The van der Waals surface area contributed by atoms with Crippen LogP contribution in [0.5, 0.6) is 5.75 Å². The highest BCUT2D eigenvalue weighted by molar-refractivity contribution is 6.30. The minimum atomic E-state index is -0.520. The maximum Gasteiger partial charge on any atom is 0.205 e. The first-order valence-electron chi connectivity index (χ1n) is 10.6. The number of carbonyl (C=O) groups is 1. The molecule has 6 heteroatoms. The van der Waals surface area contributed by atoms with Crippen molar-refractivity contribution in [2.45, 2.75) is 52.6 Å². The summed E-state index contributed by atoms with van der Waals surface area (Å²) >= 11 is 6.05. The summed E-state index contributed by atoms with van der Waals surface area (Å²) in [6, 6.07) is 11.8. The number of Topliss-reactive ketones (excluding diaryl/α,β-unsaturated/α-hetero) is 1. The molecule has 0 saturated heterocycles. The van der Waals surface area contributed by atoms with Gasteiger partial charge in [0.15, 0.2) is 5.78 Å². The fraction of sp³-hybridized carbons (Fsp3) is 0.308. The van der Waals surface area contributed by atoms with Crippen molar-refractivity contribution in [1.82, 2.24) is 0 Å². The Hall–Kier alpha value is -3.23. The van der Waals surface area contributed by atoms with Gasteiger partial charge in [-0.05, 0) is 73.2 Å². The van der Waals surface area contributed by atoms with Crippen molar-refractivity contribution in [2.24, 2.45) is 5.73 Å². The molecule has 32 heavy (non-hydrogen) atoms. The van der Waals surface area contributed by atoms with Crippen molar-refractivity contribution in [3.63, 3.8) is 0 Å². The Balaban J connectivity index is 1.75. The van der Waals surface area contributed by atoms with Crippen molar-refractivity contribution in [3.8, 4) is 11.8 Å². The number of rotatable bonds is 4. The van der Waals surface area contributed by atoms with Crippen LogP contribution in [0.2, 0.25) is 5.02 Å². The van der Waals surface area contributed by atoms with Gasteiger partial charge in [-0.25, -0.2) is 0 Å². The van der Waals surface area contributed by atoms with Crippen LogP contribution < -0.4 is 10.5 Å². The van der Waals surface area contributed by atoms with Gasteiger partial charge in [0.1, 0.15) is 29.8 Å². The summed E-state index contributed by atoms with van der Waals surface area (Å²) in [6.45, 7) is 6.32. The van der Waals surface area contributed by atoms with Gasteiger partial charge in [-0.1, -0.05) is 23.7 Å². The van der Waals surface area contributed by atoms with Crippen LogP contribution in [0.4, 0.5) is 0 Å². The van der Waals surface area contributed by atoms with Crippen LogP contribution in [0.15, 0.2) is 53.1 Å². The molecule has 0 bridgehead atoms. The van der Waals surface area contributed by atoms with Crippen LogP contribution >= 0.6 is 11.6 Å². The number of allylic oxidation sites excluding steroid dienone is 3. The molecule has 1 aliphatic heterocycles. The number of hydrogen-bond acceptors (Lipinski definition) is 5. The van der Waals surface area contributed by atoms with Crippen molar-refractivity contribution in [3.05, 3.63) is 86.0 Å². The second kappa shape index (κ2) is 8.72. The molecule has 0 saturated carbocycles. The first kappa shape index (κ1) is 22.0. The van der Waals surface area contributed by atoms with Crippen LogP contribution in [0.3, 0.4) is 0 Å². The fourth-order valence-corrected chi connectivity index (χ4v) is 4.71. The van der Waals surface area contributed by atoms with Crippen LogP contribution in [0.25, 0.3) is 0 Å². The monoisotopic (exact) mass is 448 g/mol. The molecule has 1 atom stereocenters. The summed E-state index contributed by atoms with van der Waals surface area (Å²) in [4.78, 5) is 12.9. The van der Waals surface area contributed by atoms with E-state index in [1.165, 1.54) is 0 Å². The van der Waals surface area contributed by atoms with Crippen molar-refractivity contribution >= 4 is 17.4 Å². The quantitative estimate of drug-likeness (QED) is 0.652. The smallest absolute Gasteiger partial charge is 0.205 e. The first-order chi connectivity index (χ1) is 15.3. The minimum Gasteiger partial charge on any atom is -0.489 e. The van der Waals surface area contributed by atoms with E-state index in [9.17, 15) is 10.1 Å². The molecule has 2 aliphatic rings. The predicted octanol–water partition coefficient (Wildman–Crippen LogP) is 5.66. The maximum absolute atomic E-state index is 12.9. The Kier molecular flexibility index (Phi) is 5.99. The van der Waals surface area contributed by atoms with E-state index in [-0.39, 0.29) is 17.2 Å². The summed E-state index contributed by atoms with van der Waals surface area (Å²) in [7, 11) is 0. The number of aryl methyl sites for hydroxylation is 3. The number of benzene rings is 2. The molecule has 164 valence electrons. The number of halogens is 1. The van der Waals surface area contributed by atoms with Crippen LogP contribution in [-0.4, -0.2) is 5.78 Å². The predicted molar refractivity (Wildman–Crippen MR) is 123 cm³/mol. The Morgan fingerprint density at radius 1 is 1.16 bits per heavy atom. The van der Waals surface area contributed by atoms with Crippen molar-refractivity contribution < 1.29 is 14.3 Å².